The summed E-state index contributed by atoms with van der Waals surface area (Å²) in [5.41, 5.74) is -2.45. The summed E-state index contributed by atoms with van der Waals surface area (Å²) >= 11 is 0. The van der Waals surface area contributed by atoms with Crippen LogP contribution in [-0.4, -0.2) is 43.7 Å². The number of halogens is 6. The van der Waals surface area contributed by atoms with E-state index in [2.05, 4.69) is 25.0 Å². The van der Waals surface area contributed by atoms with Gasteiger partial charge in [-0.2, -0.15) is 31.6 Å². The van der Waals surface area contributed by atoms with Crippen molar-refractivity contribution in [3.05, 3.63) is 36.0 Å². The van der Waals surface area contributed by atoms with Crippen molar-refractivity contribution in [2.45, 2.75) is 37.1 Å². The summed E-state index contributed by atoms with van der Waals surface area (Å²) in [6.45, 7) is 0. The second-order valence-corrected chi connectivity index (χ2v) is 6.69. The lowest BCUT2D eigenvalue weighted by Crippen LogP contribution is -2.55. The lowest BCUT2D eigenvalue weighted by molar-refractivity contribution is -0.275. The van der Waals surface area contributed by atoms with Crippen molar-refractivity contribution in [3.8, 4) is 17.1 Å². The average Bonchev–Trinajstić information content (AvgIpc) is 3.08. The van der Waals surface area contributed by atoms with Crippen molar-refractivity contribution < 1.29 is 35.8 Å². The van der Waals surface area contributed by atoms with Crippen LogP contribution in [0.3, 0.4) is 0 Å². The van der Waals surface area contributed by atoms with Gasteiger partial charge in [-0.15, -0.1) is 10.2 Å². The summed E-state index contributed by atoms with van der Waals surface area (Å²) < 4.78 is 91.5. The van der Waals surface area contributed by atoms with Gasteiger partial charge in [0.1, 0.15) is 0 Å². The third kappa shape index (κ3) is 3.22. The minimum absolute atomic E-state index is 0.00239. The second kappa shape index (κ2) is 6.79. The van der Waals surface area contributed by atoms with Gasteiger partial charge in [-0.25, -0.2) is 9.37 Å². The molecule has 0 N–H and O–H groups in total. The largest absolute Gasteiger partial charge is 0.459 e. The Labute approximate surface area is 164 Å². The molecule has 160 valence electrons. The minimum atomic E-state index is -4.66. The Morgan fingerprint density at radius 1 is 1.10 bits per heavy atom. The van der Waals surface area contributed by atoms with Crippen LogP contribution < -0.4 is 4.74 Å². The lowest BCUT2D eigenvalue weighted by atomic mass is 9.79. The average molecular weight is 433 g/mol. The molecule has 3 heterocycles. The third-order valence-electron chi connectivity index (χ3n) is 4.85. The van der Waals surface area contributed by atoms with Crippen LogP contribution in [0.4, 0.5) is 26.3 Å². The fourth-order valence-electron chi connectivity index (χ4n) is 2.98. The van der Waals surface area contributed by atoms with E-state index in [-0.39, 0.29) is 29.7 Å². The lowest BCUT2D eigenvalue weighted by Gasteiger charge is -2.42. The van der Waals surface area contributed by atoms with E-state index in [0.717, 1.165) is 19.4 Å². The van der Waals surface area contributed by atoms with Crippen LogP contribution in [-0.2, 0) is 10.8 Å². The summed E-state index contributed by atoms with van der Waals surface area (Å²) in [5.74, 6) is -2.84. The van der Waals surface area contributed by atoms with Gasteiger partial charge in [-0.1, -0.05) is 0 Å². The van der Waals surface area contributed by atoms with Crippen LogP contribution in [0.1, 0.15) is 25.1 Å². The zero-order valence-corrected chi connectivity index (χ0v) is 15.3. The van der Waals surface area contributed by atoms with E-state index in [0.29, 0.717) is 10.9 Å². The Morgan fingerprint density at radius 3 is 2.40 bits per heavy atom. The molecule has 0 amide bonds. The topological polar surface area (TPSA) is 74.4 Å². The van der Waals surface area contributed by atoms with Gasteiger partial charge < -0.3 is 9.47 Å². The molecule has 0 atom stereocenters. The first-order valence-corrected chi connectivity index (χ1v) is 8.64. The molecule has 0 radical (unpaired) electrons. The van der Waals surface area contributed by atoms with Crippen LogP contribution in [0, 0.1) is 5.82 Å². The Bertz CT molecular complexity index is 1100. The summed E-state index contributed by atoms with van der Waals surface area (Å²) in [4.78, 5) is 3.64. The Morgan fingerprint density at radius 2 is 1.83 bits per heavy atom. The monoisotopic (exact) mass is 433 g/mol. The van der Waals surface area contributed by atoms with Crippen molar-refractivity contribution in [2.75, 3.05) is 7.11 Å². The second-order valence-electron chi connectivity index (χ2n) is 6.69. The molecule has 0 unspecified atom stereocenters. The SMILES string of the molecule is COC(F)(F)c1nnc2ccc(-c3cnc(OC4(C(F)(F)F)CCC4)c(F)c3)nn12. The van der Waals surface area contributed by atoms with E-state index in [1.807, 2.05) is 0 Å². The maximum Gasteiger partial charge on any atom is 0.428 e. The molecular formula is C17H13F6N5O2. The quantitative estimate of drug-likeness (QED) is 0.569. The Hall–Kier alpha value is -2.96. The summed E-state index contributed by atoms with van der Waals surface area (Å²) in [6, 6.07) is 3.51. The molecule has 3 aromatic rings. The van der Waals surface area contributed by atoms with Gasteiger partial charge in [0.2, 0.25) is 5.60 Å². The van der Waals surface area contributed by atoms with Crippen LogP contribution in [0.15, 0.2) is 24.4 Å². The summed E-state index contributed by atoms with van der Waals surface area (Å²) in [7, 11) is 0.777. The maximum absolute atomic E-state index is 14.4. The van der Waals surface area contributed by atoms with Gasteiger partial charge in [0.05, 0.1) is 5.69 Å². The highest BCUT2D eigenvalue weighted by Gasteiger charge is 2.61. The first kappa shape index (κ1) is 20.3. The van der Waals surface area contributed by atoms with Crippen molar-refractivity contribution in [3.63, 3.8) is 0 Å². The first-order valence-electron chi connectivity index (χ1n) is 8.64. The predicted molar refractivity (Wildman–Crippen MR) is 88.1 cm³/mol. The van der Waals surface area contributed by atoms with Crippen LogP contribution in [0.25, 0.3) is 16.9 Å². The van der Waals surface area contributed by atoms with Gasteiger partial charge in [0.25, 0.3) is 11.7 Å². The van der Waals surface area contributed by atoms with E-state index in [1.54, 1.807) is 0 Å². The van der Waals surface area contributed by atoms with Crippen LogP contribution in [0.5, 0.6) is 5.88 Å². The number of aromatic nitrogens is 5. The van der Waals surface area contributed by atoms with Crippen LogP contribution in [0.2, 0.25) is 0 Å². The van der Waals surface area contributed by atoms with Gasteiger partial charge >= 0.3 is 12.3 Å². The fraction of sp³-hybridized carbons (Fsp3) is 0.412. The van der Waals surface area contributed by atoms with E-state index in [9.17, 15) is 26.3 Å². The summed E-state index contributed by atoms with van der Waals surface area (Å²) in [6.07, 6.45) is -7.68. The van der Waals surface area contributed by atoms with E-state index in [1.165, 1.54) is 12.1 Å². The van der Waals surface area contributed by atoms with Crippen molar-refractivity contribution >= 4 is 5.65 Å². The van der Waals surface area contributed by atoms with Crippen molar-refractivity contribution in [1.82, 2.24) is 24.8 Å². The number of ether oxygens (including phenoxy) is 2. The Kier molecular flexibility index (Phi) is 4.60. The molecule has 1 aliphatic carbocycles. The highest BCUT2D eigenvalue weighted by molar-refractivity contribution is 5.59. The fourth-order valence-corrected chi connectivity index (χ4v) is 2.98. The molecule has 30 heavy (non-hydrogen) atoms. The van der Waals surface area contributed by atoms with E-state index in [4.69, 9.17) is 4.74 Å². The zero-order valence-electron chi connectivity index (χ0n) is 15.3. The molecule has 1 fully saturated rings. The van der Waals surface area contributed by atoms with Gasteiger partial charge in [-0.05, 0) is 37.5 Å². The van der Waals surface area contributed by atoms with Gasteiger partial charge in [-0.3, -0.25) is 0 Å². The molecule has 7 nitrogen and oxygen atoms in total. The molecule has 0 aromatic carbocycles. The van der Waals surface area contributed by atoms with Gasteiger partial charge in [0.15, 0.2) is 11.5 Å². The third-order valence-corrected chi connectivity index (χ3v) is 4.85. The molecule has 13 heteroatoms. The van der Waals surface area contributed by atoms with E-state index < -0.39 is 35.4 Å². The minimum Gasteiger partial charge on any atom is -0.459 e. The number of nitrogens with zero attached hydrogens (tertiary/aromatic N) is 5. The van der Waals surface area contributed by atoms with Crippen molar-refractivity contribution in [2.24, 2.45) is 0 Å². The predicted octanol–water partition coefficient (Wildman–Crippen LogP) is 3.88. The number of rotatable bonds is 5. The number of fused-ring (bicyclic) bond motifs is 1. The van der Waals surface area contributed by atoms with E-state index >= 15 is 0 Å². The summed E-state index contributed by atoms with van der Waals surface area (Å²) in [5, 5.41) is 10.8. The number of methoxy groups -OCH3 is 1. The molecule has 0 bridgehead atoms. The van der Waals surface area contributed by atoms with Crippen LogP contribution >= 0.6 is 0 Å². The van der Waals surface area contributed by atoms with Gasteiger partial charge in [0, 0.05) is 18.9 Å². The number of pyridine rings is 1. The molecule has 4 rings (SSSR count). The molecular weight excluding hydrogens is 420 g/mol. The zero-order chi connectivity index (χ0) is 21.7. The molecule has 0 saturated heterocycles. The normalized spacial score (nSPS) is 16.5. The molecule has 3 aromatic heterocycles. The molecule has 1 saturated carbocycles. The first-order chi connectivity index (χ1) is 14.1. The number of alkyl halides is 5. The smallest absolute Gasteiger partial charge is 0.428 e. The number of hydrogen-bond acceptors (Lipinski definition) is 6. The Balaban J connectivity index is 1.68. The molecule has 0 aliphatic heterocycles. The standard InChI is InChI=1S/C17H13F6N5O2/c1-29-16(19,20)14-26-25-12-4-3-11(27-28(12)14)9-7-10(18)13(24-8-9)30-15(5-2-6-15)17(21,22)23/h3-4,7-8H,2,5-6H2,1H3. The maximum atomic E-state index is 14.4. The number of hydrogen-bond donors (Lipinski definition) is 0. The highest BCUT2D eigenvalue weighted by atomic mass is 19.4. The highest BCUT2D eigenvalue weighted by Crippen LogP contribution is 2.48. The molecule has 1 aliphatic rings. The molecule has 0 spiro atoms. The van der Waals surface area contributed by atoms with Crippen molar-refractivity contribution in [1.29, 1.82) is 0 Å².